The molecule has 184 valence electrons. The van der Waals surface area contributed by atoms with Gasteiger partial charge in [-0.15, -0.1) is 0 Å². The molecule has 3 rings (SSSR count). The number of ketones is 1. The minimum absolute atomic E-state index is 0.0242. The minimum atomic E-state index is -3.57. The third-order valence-electron chi connectivity index (χ3n) is 6.25. The standard InChI is InChI=1S/C27H36N2O4S/c1-20(2)17-22-8-10-24(11-9-22)26(30)14-15-27(31)29-16-4-5-23(19-29)18-28-34(32,33)25-12-6-21(3)7-13-25/h6-13,20,23,28H,4-5,14-19H2,1-3H3. The van der Waals surface area contributed by atoms with Gasteiger partial charge < -0.3 is 4.90 Å². The molecule has 0 spiro atoms. The van der Waals surface area contributed by atoms with Crippen molar-refractivity contribution in [3.63, 3.8) is 0 Å². The van der Waals surface area contributed by atoms with Crippen molar-refractivity contribution in [2.45, 2.75) is 57.8 Å². The van der Waals surface area contributed by atoms with Crippen molar-refractivity contribution >= 4 is 21.7 Å². The van der Waals surface area contributed by atoms with Crippen molar-refractivity contribution in [3.05, 3.63) is 65.2 Å². The van der Waals surface area contributed by atoms with Crippen LogP contribution in [0.5, 0.6) is 0 Å². The van der Waals surface area contributed by atoms with E-state index in [0.717, 1.165) is 24.8 Å². The molecule has 1 aliphatic heterocycles. The number of likely N-dealkylation sites (tertiary alicyclic amines) is 1. The van der Waals surface area contributed by atoms with Crippen LogP contribution in [0.2, 0.25) is 0 Å². The Morgan fingerprint density at radius 3 is 2.35 bits per heavy atom. The Morgan fingerprint density at radius 1 is 1.03 bits per heavy atom. The molecule has 0 radical (unpaired) electrons. The first kappa shape index (κ1) is 26.1. The first-order chi connectivity index (χ1) is 16.1. The van der Waals surface area contributed by atoms with E-state index in [1.165, 1.54) is 5.56 Å². The maximum Gasteiger partial charge on any atom is 0.240 e. The summed E-state index contributed by atoms with van der Waals surface area (Å²) in [4.78, 5) is 27.3. The SMILES string of the molecule is Cc1ccc(S(=O)(=O)NCC2CCCN(C(=O)CCC(=O)c3ccc(CC(C)C)cc3)C2)cc1. The largest absolute Gasteiger partial charge is 0.342 e. The van der Waals surface area contributed by atoms with Crippen molar-refractivity contribution in [1.82, 2.24) is 9.62 Å². The second-order valence-corrected chi connectivity index (χ2v) is 11.5. The number of benzene rings is 2. The summed E-state index contributed by atoms with van der Waals surface area (Å²) in [5, 5.41) is 0. The van der Waals surface area contributed by atoms with Crippen LogP contribution in [0.3, 0.4) is 0 Å². The molecule has 2 aromatic rings. The lowest BCUT2D eigenvalue weighted by atomic mass is 9.97. The van der Waals surface area contributed by atoms with Crippen LogP contribution in [-0.2, 0) is 21.2 Å². The normalized spacial score (nSPS) is 16.6. The third kappa shape index (κ3) is 7.50. The summed E-state index contributed by atoms with van der Waals surface area (Å²) in [7, 11) is -3.57. The molecule has 0 saturated carbocycles. The molecule has 0 aliphatic carbocycles. The highest BCUT2D eigenvalue weighted by Crippen LogP contribution is 2.19. The summed E-state index contributed by atoms with van der Waals surface area (Å²) in [5.41, 5.74) is 2.85. The van der Waals surface area contributed by atoms with Gasteiger partial charge in [-0.25, -0.2) is 13.1 Å². The lowest BCUT2D eigenvalue weighted by Gasteiger charge is -2.33. The Kier molecular flexibility index (Phi) is 9.03. The minimum Gasteiger partial charge on any atom is -0.342 e. The quantitative estimate of drug-likeness (QED) is 0.508. The Labute approximate surface area is 203 Å². The highest BCUT2D eigenvalue weighted by Gasteiger charge is 2.25. The first-order valence-electron chi connectivity index (χ1n) is 12.1. The molecule has 7 heteroatoms. The van der Waals surface area contributed by atoms with Crippen molar-refractivity contribution in [3.8, 4) is 0 Å². The highest BCUT2D eigenvalue weighted by molar-refractivity contribution is 7.89. The number of carbonyl (C=O) groups is 2. The van der Waals surface area contributed by atoms with E-state index in [4.69, 9.17) is 0 Å². The molecular formula is C27H36N2O4S. The van der Waals surface area contributed by atoms with E-state index >= 15 is 0 Å². The van der Waals surface area contributed by atoms with Crippen molar-refractivity contribution in [1.29, 1.82) is 0 Å². The van der Waals surface area contributed by atoms with E-state index in [1.807, 2.05) is 31.2 Å². The van der Waals surface area contributed by atoms with Crippen molar-refractivity contribution in [2.75, 3.05) is 19.6 Å². The van der Waals surface area contributed by atoms with Gasteiger partial charge in [-0.3, -0.25) is 9.59 Å². The molecule has 2 aromatic carbocycles. The number of nitrogens with one attached hydrogen (secondary N) is 1. The molecular weight excluding hydrogens is 448 g/mol. The fraction of sp³-hybridized carbons (Fsp3) is 0.481. The van der Waals surface area contributed by atoms with E-state index < -0.39 is 10.0 Å². The fourth-order valence-corrected chi connectivity index (χ4v) is 5.42. The molecule has 0 aromatic heterocycles. The molecule has 1 heterocycles. The van der Waals surface area contributed by atoms with Gasteiger partial charge in [-0.2, -0.15) is 0 Å². The number of nitrogens with zero attached hydrogens (tertiary/aromatic N) is 1. The van der Waals surface area contributed by atoms with Gasteiger partial charge in [-0.1, -0.05) is 55.8 Å². The van der Waals surface area contributed by atoms with Crippen LogP contribution in [0.4, 0.5) is 0 Å². The molecule has 1 amide bonds. The van der Waals surface area contributed by atoms with Gasteiger partial charge in [0.1, 0.15) is 0 Å². The number of hydrogen-bond acceptors (Lipinski definition) is 4. The molecule has 0 bridgehead atoms. The zero-order chi connectivity index (χ0) is 24.7. The predicted octanol–water partition coefficient (Wildman–Crippen LogP) is 4.37. The monoisotopic (exact) mass is 484 g/mol. The zero-order valence-electron chi connectivity index (χ0n) is 20.4. The van der Waals surface area contributed by atoms with Gasteiger partial charge in [0, 0.05) is 38.0 Å². The summed E-state index contributed by atoms with van der Waals surface area (Å²) < 4.78 is 27.8. The van der Waals surface area contributed by atoms with Gasteiger partial charge in [-0.05, 0) is 55.7 Å². The molecule has 34 heavy (non-hydrogen) atoms. The Balaban J connectivity index is 1.47. The molecule has 1 N–H and O–H groups in total. The van der Waals surface area contributed by atoms with Crippen LogP contribution in [0.25, 0.3) is 0 Å². The summed E-state index contributed by atoms with van der Waals surface area (Å²) in [6.45, 7) is 7.69. The lowest BCUT2D eigenvalue weighted by Crippen LogP contribution is -2.43. The number of piperidine rings is 1. The smallest absolute Gasteiger partial charge is 0.240 e. The molecule has 1 atom stereocenters. The Bertz CT molecular complexity index is 1080. The van der Waals surface area contributed by atoms with Gasteiger partial charge in [0.15, 0.2) is 5.78 Å². The molecule has 1 fully saturated rings. The van der Waals surface area contributed by atoms with E-state index in [0.29, 0.717) is 31.1 Å². The van der Waals surface area contributed by atoms with E-state index in [2.05, 4.69) is 18.6 Å². The Hall–Kier alpha value is -2.51. The maximum atomic E-state index is 12.7. The molecule has 1 saturated heterocycles. The van der Waals surface area contributed by atoms with Gasteiger partial charge in [0.05, 0.1) is 4.90 Å². The third-order valence-corrected chi connectivity index (χ3v) is 7.69. The summed E-state index contributed by atoms with van der Waals surface area (Å²) in [6, 6.07) is 14.4. The van der Waals surface area contributed by atoms with Crippen LogP contribution in [0, 0.1) is 18.8 Å². The average Bonchev–Trinajstić information content (AvgIpc) is 2.81. The number of Topliss-reactive ketones (excluding diaryl/α,β-unsaturated/α-hetero) is 1. The van der Waals surface area contributed by atoms with Gasteiger partial charge in [0.25, 0.3) is 0 Å². The summed E-state index contributed by atoms with van der Waals surface area (Å²) in [6.07, 6.45) is 3.03. The van der Waals surface area contributed by atoms with Crippen LogP contribution >= 0.6 is 0 Å². The number of rotatable bonds is 10. The summed E-state index contributed by atoms with van der Waals surface area (Å²) >= 11 is 0. The summed E-state index contributed by atoms with van der Waals surface area (Å²) in [5.74, 6) is 0.548. The second-order valence-electron chi connectivity index (χ2n) is 9.73. The van der Waals surface area contributed by atoms with Crippen LogP contribution in [0.1, 0.15) is 61.0 Å². The maximum absolute atomic E-state index is 12.7. The predicted molar refractivity (Wildman–Crippen MR) is 134 cm³/mol. The van der Waals surface area contributed by atoms with Gasteiger partial charge in [0.2, 0.25) is 15.9 Å². The van der Waals surface area contributed by atoms with Crippen LogP contribution < -0.4 is 4.72 Å². The zero-order valence-corrected chi connectivity index (χ0v) is 21.2. The lowest BCUT2D eigenvalue weighted by molar-refractivity contribution is -0.132. The van der Waals surface area contributed by atoms with Crippen molar-refractivity contribution in [2.24, 2.45) is 11.8 Å². The van der Waals surface area contributed by atoms with Gasteiger partial charge >= 0.3 is 0 Å². The number of amides is 1. The van der Waals surface area contributed by atoms with E-state index in [1.54, 1.807) is 29.2 Å². The number of carbonyl (C=O) groups excluding carboxylic acids is 2. The second kappa shape index (κ2) is 11.8. The average molecular weight is 485 g/mol. The fourth-order valence-electron chi connectivity index (χ4n) is 4.31. The Morgan fingerprint density at radius 2 is 1.71 bits per heavy atom. The van der Waals surface area contributed by atoms with E-state index in [-0.39, 0.29) is 35.3 Å². The number of hydrogen-bond donors (Lipinski definition) is 1. The molecule has 6 nitrogen and oxygen atoms in total. The first-order valence-corrected chi connectivity index (χ1v) is 13.6. The molecule has 1 aliphatic rings. The van der Waals surface area contributed by atoms with Crippen LogP contribution in [-0.4, -0.2) is 44.6 Å². The number of sulfonamides is 1. The molecule has 1 unspecified atom stereocenters. The highest BCUT2D eigenvalue weighted by atomic mass is 32.2. The number of aryl methyl sites for hydroxylation is 1. The van der Waals surface area contributed by atoms with E-state index in [9.17, 15) is 18.0 Å². The van der Waals surface area contributed by atoms with Crippen molar-refractivity contribution < 1.29 is 18.0 Å². The topological polar surface area (TPSA) is 83.6 Å². The van der Waals surface area contributed by atoms with Crippen LogP contribution in [0.15, 0.2) is 53.4 Å².